The summed E-state index contributed by atoms with van der Waals surface area (Å²) in [6.07, 6.45) is 1.39. The van der Waals surface area contributed by atoms with Gasteiger partial charge in [-0.15, -0.1) is 0 Å². The molecule has 0 aliphatic rings. The van der Waals surface area contributed by atoms with Gasteiger partial charge in [0.2, 0.25) is 0 Å². The Morgan fingerprint density at radius 3 is 2.88 bits per heavy atom. The molecule has 0 aromatic heterocycles. The molecule has 0 fully saturated rings. The molecule has 0 saturated heterocycles. The van der Waals surface area contributed by atoms with Crippen molar-refractivity contribution in [2.75, 3.05) is 11.9 Å². The van der Waals surface area contributed by atoms with Crippen molar-refractivity contribution in [2.24, 2.45) is 0 Å². The molecule has 2 amide bonds. The Labute approximate surface area is 115 Å². The van der Waals surface area contributed by atoms with Crippen molar-refractivity contribution < 1.29 is 9.90 Å². The van der Waals surface area contributed by atoms with Gasteiger partial charge in [0.05, 0.1) is 0 Å². The highest BCUT2D eigenvalue weighted by Gasteiger charge is 2.09. The molecule has 0 radical (unpaired) electrons. The highest BCUT2D eigenvalue weighted by Crippen LogP contribution is 2.12. The molecule has 0 aliphatic heterocycles. The fourth-order valence-corrected chi connectivity index (χ4v) is 2.00. The molecule has 1 aromatic rings. The molecule has 1 unspecified atom stereocenters. The number of hydrogen-bond donors (Lipinski definition) is 3. The summed E-state index contributed by atoms with van der Waals surface area (Å²) in [5.41, 5.74) is 0.772. The maximum Gasteiger partial charge on any atom is 0.319 e. The van der Waals surface area contributed by atoms with Gasteiger partial charge in [0.1, 0.15) is 0 Å². The Bertz CT molecular complexity index is 371. The largest absolute Gasteiger partial charge is 0.396 e. The number of aliphatic hydroxyl groups is 1. The van der Waals surface area contributed by atoms with E-state index in [2.05, 4.69) is 33.2 Å². The van der Waals surface area contributed by atoms with Crippen molar-refractivity contribution in [2.45, 2.75) is 25.8 Å². The van der Waals surface area contributed by atoms with Crippen LogP contribution in [0.15, 0.2) is 24.3 Å². The van der Waals surface area contributed by atoms with Crippen LogP contribution in [0, 0.1) is 3.57 Å². The van der Waals surface area contributed by atoms with Gasteiger partial charge in [-0.25, -0.2) is 4.79 Å². The average Bonchev–Trinajstić information content (AvgIpc) is 2.28. The molecule has 94 valence electrons. The summed E-state index contributed by atoms with van der Waals surface area (Å²) in [6, 6.07) is 7.38. The van der Waals surface area contributed by atoms with Gasteiger partial charge >= 0.3 is 6.03 Å². The standard InChI is InChI=1S/C12H17IN2O2/c1-2-10(6-7-16)14-12(17)15-11-5-3-4-9(13)8-11/h3-5,8,10,16H,2,6-7H2,1H3,(H2,14,15,17). The van der Waals surface area contributed by atoms with E-state index in [4.69, 9.17) is 5.11 Å². The molecule has 17 heavy (non-hydrogen) atoms. The number of nitrogens with one attached hydrogen (secondary N) is 2. The Morgan fingerprint density at radius 1 is 1.53 bits per heavy atom. The third-order valence-corrected chi connectivity index (χ3v) is 3.06. The lowest BCUT2D eigenvalue weighted by Crippen LogP contribution is -2.38. The van der Waals surface area contributed by atoms with Crippen LogP contribution in [-0.4, -0.2) is 23.8 Å². The highest BCUT2D eigenvalue weighted by molar-refractivity contribution is 14.1. The molecular formula is C12H17IN2O2. The van der Waals surface area contributed by atoms with Gasteiger partial charge in [0.25, 0.3) is 0 Å². The molecule has 0 spiro atoms. The predicted molar refractivity (Wildman–Crippen MR) is 77.1 cm³/mol. The van der Waals surface area contributed by atoms with E-state index >= 15 is 0 Å². The molecule has 0 aliphatic carbocycles. The van der Waals surface area contributed by atoms with Crippen LogP contribution in [0.1, 0.15) is 19.8 Å². The minimum absolute atomic E-state index is 0.0165. The van der Waals surface area contributed by atoms with Crippen molar-refractivity contribution >= 4 is 34.3 Å². The van der Waals surface area contributed by atoms with E-state index in [0.717, 1.165) is 15.7 Å². The molecule has 0 saturated carbocycles. The van der Waals surface area contributed by atoms with Gasteiger partial charge in [0.15, 0.2) is 0 Å². The average molecular weight is 348 g/mol. The molecule has 1 atom stereocenters. The second kappa shape index (κ2) is 7.50. The smallest absolute Gasteiger partial charge is 0.319 e. The Hall–Kier alpha value is -0.820. The summed E-state index contributed by atoms with van der Waals surface area (Å²) < 4.78 is 1.07. The first-order valence-corrected chi connectivity index (χ1v) is 6.67. The molecule has 5 heteroatoms. The number of carbonyl (C=O) groups is 1. The van der Waals surface area contributed by atoms with Crippen molar-refractivity contribution in [3.8, 4) is 0 Å². The third kappa shape index (κ3) is 5.36. The number of carbonyl (C=O) groups excluding carboxylic acids is 1. The molecule has 0 bridgehead atoms. The summed E-state index contributed by atoms with van der Waals surface area (Å²) in [5, 5.41) is 14.4. The minimum Gasteiger partial charge on any atom is -0.396 e. The fourth-order valence-electron chi connectivity index (χ4n) is 1.45. The van der Waals surface area contributed by atoms with Gasteiger partial charge in [-0.3, -0.25) is 0 Å². The zero-order chi connectivity index (χ0) is 12.7. The number of aliphatic hydroxyl groups excluding tert-OH is 1. The van der Waals surface area contributed by atoms with Crippen LogP contribution in [0.2, 0.25) is 0 Å². The first-order chi connectivity index (χ1) is 8.15. The van der Waals surface area contributed by atoms with Crippen LogP contribution < -0.4 is 10.6 Å². The number of benzene rings is 1. The van der Waals surface area contributed by atoms with Crippen molar-refractivity contribution in [3.63, 3.8) is 0 Å². The van der Waals surface area contributed by atoms with Crippen molar-refractivity contribution in [1.29, 1.82) is 0 Å². The van der Waals surface area contributed by atoms with Crippen LogP contribution in [0.4, 0.5) is 10.5 Å². The van der Waals surface area contributed by atoms with Gasteiger partial charge in [-0.1, -0.05) is 13.0 Å². The number of hydrogen-bond acceptors (Lipinski definition) is 2. The molecule has 1 aromatic carbocycles. The van der Waals surface area contributed by atoms with E-state index in [0.29, 0.717) is 6.42 Å². The zero-order valence-corrected chi connectivity index (χ0v) is 11.9. The lowest BCUT2D eigenvalue weighted by atomic mass is 10.2. The van der Waals surface area contributed by atoms with E-state index in [-0.39, 0.29) is 18.7 Å². The fraction of sp³-hybridized carbons (Fsp3) is 0.417. The second-order valence-corrected chi connectivity index (χ2v) is 4.97. The minimum atomic E-state index is -0.229. The monoisotopic (exact) mass is 348 g/mol. The lowest BCUT2D eigenvalue weighted by molar-refractivity contribution is 0.237. The molecule has 1 rings (SSSR count). The summed E-state index contributed by atoms with van der Waals surface area (Å²) in [7, 11) is 0. The Morgan fingerprint density at radius 2 is 2.29 bits per heavy atom. The number of urea groups is 1. The van der Waals surface area contributed by atoms with E-state index < -0.39 is 0 Å². The van der Waals surface area contributed by atoms with Gasteiger partial charge in [-0.05, 0) is 53.6 Å². The van der Waals surface area contributed by atoms with Crippen LogP contribution in [-0.2, 0) is 0 Å². The van der Waals surface area contributed by atoms with Crippen LogP contribution >= 0.6 is 22.6 Å². The van der Waals surface area contributed by atoms with Crippen molar-refractivity contribution in [1.82, 2.24) is 5.32 Å². The number of amides is 2. The van der Waals surface area contributed by atoms with Crippen molar-refractivity contribution in [3.05, 3.63) is 27.8 Å². The number of rotatable bonds is 5. The molecule has 3 N–H and O–H groups in total. The Balaban J connectivity index is 2.49. The van der Waals surface area contributed by atoms with Crippen LogP contribution in [0.3, 0.4) is 0 Å². The van der Waals surface area contributed by atoms with Crippen LogP contribution in [0.25, 0.3) is 0 Å². The summed E-state index contributed by atoms with van der Waals surface area (Å²) >= 11 is 2.19. The normalized spacial score (nSPS) is 11.9. The van der Waals surface area contributed by atoms with E-state index in [1.165, 1.54) is 0 Å². The summed E-state index contributed by atoms with van der Waals surface area (Å²) in [4.78, 5) is 11.7. The maximum absolute atomic E-state index is 11.7. The first-order valence-electron chi connectivity index (χ1n) is 5.59. The first kappa shape index (κ1) is 14.2. The van der Waals surface area contributed by atoms with Gasteiger partial charge < -0.3 is 15.7 Å². The molecular weight excluding hydrogens is 331 g/mol. The van der Waals surface area contributed by atoms with E-state index in [1.807, 2.05) is 31.2 Å². The third-order valence-electron chi connectivity index (χ3n) is 2.39. The van der Waals surface area contributed by atoms with Gasteiger partial charge in [0, 0.05) is 21.9 Å². The number of halogens is 1. The van der Waals surface area contributed by atoms with Gasteiger partial charge in [-0.2, -0.15) is 0 Å². The molecule has 0 heterocycles. The Kier molecular flexibility index (Phi) is 6.28. The SMILES string of the molecule is CCC(CCO)NC(=O)Nc1cccc(I)c1. The topological polar surface area (TPSA) is 61.4 Å². The lowest BCUT2D eigenvalue weighted by Gasteiger charge is -2.16. The molecule has 4 nitrogen and oxygen atoms in total. The highest BCUT2D eigenvalue weighted by atomic mass is 127. The number of anilines is 1. The second-order valence-electron chi connectivity index (χ2n) is 3.73. The predicted octanol–water partition coefficient (Wildman–Crippen LogP) is 2.57. The zero-order valence-electron chi connectivity index (χ0n) is 9.74. The van der Waals surface area contributed by atoms with E-state index in [1.54, 1.807) is 0 Å². The van der Waals surface area contributed by atoms with Crippen LogP contribution in [0.5, 0.6) is 0 Å². The quantitative estimate of drug-likeness (QED) is 0.717. The summed E-state index contributed by atoms with van der Waals surface area (Å²) in [6.45, 7) is 2.06. The van der Waals surface area contributed by atoms with E-state index in [9.17, 15) is 4.79 Å². The maximum atomic E-state index is 11.7. The summed E-state index contributed by atoms with van der Waals surface area (Å²) in [5.74, 6) is 0.